The minimum Gasteiger partial charge on any atom is -0.467 e. The Labute approximate surface area is 214 Å². The molecule has 3 aromatic heterocycles. The molecule has 1 aromatic carbocycles. The fourth-order valence-electron chi connectivity index (χ4n) is 4.67. The molecular weight excluding hydrogens is 502 g/mol. The molecule has 11 nitrogen and oxygen atoms in total. The van der Waals surface area contributed by atoms with E-state index in [0.29, 0.717) is 19.4 Å². The Bertz CT molecular complexity index is 1620. The average molecular weight is 529 g/mol. The summed E-state index contributed by atoms with van der Waals surface area (Å²) in [5.41, 5.74) is -0.498. The summed E-state index contributed by atoms with van der Waals surface area (Å²) in [5.74, 6) is -1.95. The number of aromatic nitrogens is 5. The van der Waals surface area contributed by atoms with E-state index < -0.39 is 34.9 Å². The highest BCUT2D eigenvalue weighted by Crippen LogP contribution is 2.34. The highest BCUT2D eigenvalue weighted by molar-refractivity contribution is 5.78. The second kappa shape index (κ2) is 10.2. The van der Waals surface area contributed by atoms with Crippen LogP contribution in [0.25, 0.3) is 22.7 Å². The van der Waals surface area contributed by atoms with Crippen molar-refractivity contribution in [1.82, 2.24) is 29.6 Å². The van der Waals surface area contributed by atoms with E-state index in [1.807, 2.05) is 13.8 Å². The van der Waals surface area contributed by atoms with Gasteiger partial charge in [-0.1, -0.05) is 13.8 Å². The molecule has 200 valence electrons. The van der Waals surface area contributed by atoms with Crippen molar-refractivity contribution in [2.75, 3.05) is 6.54 Å². The van der Waals surface area contributed by atoms with E-state index >= 15 is 0 Å². The maximum Gasteiger partial charge on any atom is 0.332 e. The first-order chi connectivity index (χ1) is 18.3. The predicted molar refractivity (Wildman–Crippen MR) is 132 cm³/mol. The first-order valence-corrected chi connectivity index (χ1v) is 12.4. The second-order valence-electron chi connectivity index (χ2n) is 9.18. The van der Waals surface area contributed by atoms with Gasteiger partial charge in [-0.3, -0.25) is 18.7 Å². The number of aryl methyl sites for hydroxylation is 1. The largest absolute Gasteiger partial charge is 0.467 e. The van der Waals surface area contributed by atoms with E-state index in [9.17, 15) is 23.2 Å². The lowest BCUT2D eigenvalue weighted by atomic mass is 9.94. The summed E-state index contributed by atoms with van der Waals surface area (Å²) in [7, 11) is 0. The van der Waals surface area contributed by atoms with Gasteiger partial charge < -0.3 is 19.6 Å². The van der Waals surface area contributed by atoms with Crippen molar-refractivity contribution >= 4 is 17.1 Å². The van der Waals surface area contributed by atoms with Crippen LogP contribution in [0.5, 0.6) is 5.88 Å². The normalized spacial score (nSPS) is 16.2. The zero-order valence-corrected chi connectivity index (χ0v) is 20.8. The number of H-pyrrole nitrogens is 1. The molecule has 0 bridgehead atoms. The summed E-state index contributed by atoms with van der Waals surface area (Å²) in [5, 5.41) is 6.59. The van der Waals surface area contributed by atoms with Crippen LogP contribution in [0.15, 0.2) is 38.4 Å². The summed E-state index contributed by atoms with van der Waals surface area (Å²) in [6, 6.07) is 4.54. The van der Waals surface area contributed by atoms with Crippen molar-refractivity contribution in [3.05, 3.63) is 62.3 Å². The van der Waals surface area contributed by atoms with Gasteiger partial charge in [-0.2, -0.15) is 0 Å². The molecule has 4 heterocycles. The second-order valence-corrected chi connectivity index (χ2v) is 9.18. The van der Waals surface area contributed by atoms with Crippen molar-refractivity contribution in [2.45, 2.75) is 52.3 Å². The molecule has 1 saturated heterocycles. The van der Waals surface area contributed by atoms with Gasteiger partial charge in [-0.25, -0.2) is 18.6 Å². The van der Waals surface area contributed by atoms with Gasteiger partial charge in [-0.15, -0.1) is 0 Å². The Morgan fingerprint density at radius 1 is 1.13 bits per heavy atom. The van der Waals surface area contributed by atoms with Gasteiger partial charge in [0.25, 0.3) is 11.4 Å². The lowest BCUT2D eigenvalue weighted by Gasteiger charge is -2.23. The molecule has 0 aliphatic carbocycles. The molecule has 0 radical (unpaired) electrons. The van der Waals surface area contributed by atoms with Crippen LogP contribution in [-0.4, -0.2) is 36.7 Å². The van der Waals surface area contributed by atoms with Gasteiger partial charge in [0.05, 0.1) is 6.07 Å². The topological polar surface area (TPSA) is 137 Å². The van der Waals surface area contributed by atoms with E-state index in [1.165, 1.54) is 21.3 Å². The van der Waals surface area contributed by atoms with E-state index in [-0.39, 0.29) is 59.6 Å². The highest BCUT2D eigenvalue weighted by Gasteiger charge is 2.34. The maximum atomic E-state index is 14.7. The number of hydrogen-bond donors (Lipinski definition) is 2. The highest BCUT2D eigenvalue weighted by atomic mass is 19.1. The molecule has 2 atom stereocenters. The molecule has 13 heteroatoms. The fraction of sp³-hybridized carbons (Fsp3) is 0.400. The smallest absolute Gasteiger partial charge is 0.332 e. The van der Waals surface area contributed by atoms with Crippen LogP contribution < -0.4 is 21.3 Å². The van der Waals surface area contributed by atoms with Gasteiger partial charge in [0.1, 0.15) is 17.7 Å². The molecule has 1 fully saturated rings. The number of rotatable bonds is 9. The number of nitrogens with zero attached hydrogens (tertiary/aromatic N) is 4. The van der Waals surface area contributed by atoms with Crippen LogP contribution in [0.1, 0.15) is 44.8 Å². The zero-order valence-electron chi connectivity index (χ0n) is 20.8. The molecule has 1 aliphatic rings. The van der Waals surface area contributed by atoms with E-state index in [2.05, 4.69) is 20.4 Å². The Morgan fingerprint density at radius 3 is 2.58 bits per heavy atom. The Balaban J connectivity index is 1.51. The third-order valence-electron chi connectivity index (χ3n) is 6.43. The minimum absolute atomic E-state index is 0.0251. The first kappa shape index (κ1) is 25.4. The Kier molecular flexibility index (Phi) is 6.83. The lowest BCUT2D eigenvalue weighted by Crippen LogP contribution is -2.40. The van der Waals surface area contributed by atoms with E-state index in [0.717, 1.165) is 12.1 Å². The minimum atomic E-state index is -0.959. The van der Waals surface area contributed by atoms with Crippen molar-refractivity contribution in [2.24, 2.45) is 5.92 Å². The molecule has 2 unspecified atom stereocenters. The monoisotopic (exact) mass is 528 g/mol. The number of carbonyl (C=O) groups excluding carboxylic acids is 1. The van der Waals surface area contributed by atoms with Crippen molar-refractivity contribution < 1.29 is 22.8 Å². The molecule has 1 aliphatic heterocycles. The quantitative estimate of drug-likeness (QED) is 0.341. The number of fused-ring (bicyclic) bond motifs is 1. The van der Waals surface area contributed by atoms with Crippen molar-refractivity contribution in [3.8, 4) is 17.5 Å². The molecule has 38 heavy (non-hydrogen) atoms. The molecule has 0 spiro atoms. The van der Waals surface area contributed by atoms with Crippen LogP contribution in [0, 0.1) is 17.6 Å². The predicted octanol–water partition coefficient (Wildman–Crippen LogP) is 2.90. The van der Waals surface area contributed by atoms with Crippen molar-refractivity contribution in [1.29, 1.82) is 0 Å². The Hall–Kier alpha value is -4.29. The first-order valence-electron chi connectivity index (χ1n) is 12.4. The number of carbonyl (C=O) groups is 1. The lowest BCUT2D eigenvalue weighted by molar-refractivity contribution is -0.119. The third kappa shape index (κ3) is 4.59. The van der Waals surface area contributed by atoms with E-state index in [1.54, 1.807) is 0 Å². The summed E-state index contributed by atoms with van der Waals surface area (Å²) < 4.78 is 42.2. The third-order valence-corrected chi connectivity index (χ3v) is 6.43. The molecule has 0 saturated carbocycles. The van der Waals surface area contributed by atoms with E-state index in [4.69, 9.17) is 9.26 Å². The number of nitrogens with one attached hydrogen (secondary N) is 2. The number of benzene rings is 1. The number of hydrogen-bond acceptors (Lipinski definition) is 7. The van der Waals surface area contributed by atoms with Crippen LogP contribution in [0.4, 0.5) is 8.78 Å². The summed E-state index contributed by atoms with van der Waals surface area (Å²) in [4.78, 5) is 45.1. The van der Waals surface area contributed by atoms with Gasteiger partial charge in [0.15, 0.2) is 17.0 Å². The summed E-state index contributed by atoms with van der Waals surface area (Å²) >= 11 is 0. The van der Waals surface area contributed by atoms with Crippen LogP contribution >= 0.6 is 0 Å². The molecule has 4 aromatic rings. The maximum absolute atomic E-state index is 14.7. The van der Waals surface area contributed by atoms with Gasteiger partial charge in [-0.05, 0) is 30.1 Å². The zero-order chi connectivity index (χ0) is 27.0. The van der Waals surface area contributed by atoms with Gasteiger partial charge >= 0.3 is 5.69 Å². The standard InChI is InChI=1S/C25H26F2N6O5/c1-3-7-32-23-20(24(35)33(8-4-2)25(32)36)29-22(30-23)17-11-19(31-38-17)37-21(13-9-18(34)28-12-13)15-6-5-14(26)10-16(15)27/h5-6,10-11,13,21H,3-4,7-9,12H2,1-2H3,(H,28,34)(H,29,30). The number of halogens is 2. The molecular formula is C25H26F2N6O5. The summed E-state index contributed by atoms with van der Waals surface area (Å²) in [6.45, 7) is 4.67. The Morgan fingerprint density at radius 2 is 1.89 bits per heavy atom. The SMILES string of the molecule is CCCn1c(=O)c2[nH]c(-c3cc(OC(c4ccc(F)cc4F)C4CNC(=O)C4)no3)nc2n(CCC)c1=O. The number of aromatic amines is 1. The average Bonchev–Trinajstić information content (AvgIpc) is 3.63. The molecule has 2 N–H and O–H groups in total. The summed E-state index contributed by atoms with van der Waals surface area (Å²) in [6.07, 6.45) is 0.393. The van der Waals surface area contributed by atoms with Gasteiger partial charge in [0, 0.05) is 43.6 Å². The molecule has 5 rings (SSSR count). The number of amides is 1. The number of imidazole rings is 1. The molecule has 1 amide bonds. The fourth-order valence-corrected chi connectivity index (χ4v) is 4.67. The van der Waals surface area contributed by atoms with Crippen molar-refractivity contribution in [3.63, 3.8) is 0 Å². The van der Waals surface area contributed by atoms with Crippen LogP contribution in [-0.2, 0) is 17.9 Å². The number of ether oxygens (including phenoxy) is 1. The van der Waals surface area contributed by atoms with Crippen LogP contribution in [0.2, 0.25) is 0 Å². The van der Waals surface area contributed by atoms with Gasteiger partial charge in [0.2, 0.25) is 11.7 Å². The van der Waals surface area contributed by atoms with Crippen LogP contribution in [0.3, 0.4) is 0 Å².